The summed E-state index contributed by atoms with van der Waals surface area (Å²) in [6.45, 7) is 3.63. The molecule has 156 valence electrons. The van der Waals surface area contributed by atoms with Crippen LogP contribution < -0.4 is 10.2 Å². The van der Waals surface area contributed by atoms with E-state index in [1.165, 1.54) is 11.8 Å². The molecular weight excluding hydrogens is 388 g/mol. The van der Waals surface area contributed by atoms with Crippen LogP contribution >= 0.6 is 0 Å². The number of nitrogens with one attached hydrogen (secondary N) is 1. The highest BCUT2D eigenvalue weighted by Crippen LogP contribution is 2.24. The van der Waals surface area contributed by atoms with Gasteiger partial charge in [-0.05, 0) is 42.5 Å². The molecule has 1 aromatic heterocycles. The van der Waals surface area contributed by atoms with Gasteiger partial charge in [0.1, 0.15) is 5.76 Å². The first-order valence-corrected chi connectivity index (χ1v) is 9.92. The van der Waals surface area contributed by atoms with Gasteiger partial charge in [-0.2, -0.15) is 0 Å². The average molecular weight is 411 g/mol. The molecule has 1 atom stereocenters. The Hall–Kier alpha value is -3.19. The van der Waals surface area contributed by atoms with E-state index in [1.54, 1.807) is 6.26 Å². The van der Waals surface area contributed by atoms with Crippen LogP contribution in [0.1, 0.15) is 22.2 Å². The molecule has 7 heteroatoms. The minimum absolute atomic E-state index is 0.0843. The summed E-state index contributed by atoms with van der Waals surface area (Å²) in [5.74, 6) is -1.71. The van der Waals surface area contributed by atoms with Gasteiger partial charge in [-0.15, -0.1) is 0 Å². The fraction of sp³-hybridized carbons (Fsp3) is 0.261. The molecule has 1 N–H and O–H groups in total. The fourth-order valence-electron chi connectivity index (χ4n) is 3.75. The second kappa shape index (κ2) is 9.09. The zero-order valence-corrected chi connectivity index (χ0v) is 16.4. The lowest BCUT2D eigenvalue weighted by Gasteiger charge is -2.39. The number of carbonyl (C=O) groups excluding carboxylic acids is 1. The van der Waals surface area contributed by atoms with Crippen molar-refractivity contribution in [3.63, 3.8) is 0 Å². The highest BCUT2D eigenvalue weighted by molar-refractivity contribution is 5.94. The maximum atomic E-state index is 13.4. The Bertz CT molecular complexity index is 971. The van der Waals surface area contributed by atoms with Gasteiger partial charge in [0.2, 0.25) is 0 Å². The van der Waals surface area contributed by atoms with Crippen LogP contribution in [0.15, 0.2) is 71.3 Å². The number of amides is 1. The van der Waals surface area contributed by atoms with Crippen molar-refractivity contribution >= 4 is 11.6 Å². The Kier molecular flexibility index (Phi) is 6.09. The molecule has 0 radical (unpaired) electrons. The molecule has 0 spiro atoms. The maximum absolute atomic E-state index is 13.4. The molecule has 0 unspecified atom stereocenters. The topological polar surface area (TPSA) is 48.7 Å². The molecule has 3 aromatic rings. The summed E-state index contributed by atoms with van der Waals surface area (Å²) in [5, 5.41) is 2.83. The minimum atomic E-state index is -1.04. The van der Waals surface area contributed by atoms with E-state index in [-0.39, 0.29) is 11.6 Å². The van der Waals surface area contributed by atoms with E-state index in [0.29, 0.717) is 6.54 Å². The Morgan fingerprint density at radius 1 is 0.967 bits per heavy atom. The zero-order chi connectivity index (χ0) is 20.9. The van der Waals surface area contributed by atoms with E-state index in [0.717, 1.165) is 44.1 Å². The van der Waals surface area contributed by atoms with Crippen LogP contribution in [0.4, 0.5) is 14.5 Å². The lowest BCUT2D eigenvalue weighted by molar-refractivity contribution is 0.0922. The Morgan fingerprint density at radius 3 is 2.40 bits per heavy atom. The van der Waals surface area contributed by atoms with Crippen LogP contribution in [0.5, 0.6) is 0 Å². The van der Waals surface area contributed by atoms with Crippen molar-refractivity contribution in [3.05, 3.63) is 89.9 Å². The molecule has 1 aliphatic rings. The summed E-state index contributed by atoms with van der Waals surface area (Å²) in [7, 11) is 0. The lowest BCUT2D eigenvalue weighted by Crippen LogP contribution is -2.49. The minimum Gasteiger partial charge on any atom is -0.468 e. The highest BCUT2D eigenvalue weighted by atomic mass is 19.2. The number of benzene rings is 2. The molecule has 1 aliphatic heterocycles. The van der Waals surface area contributed by atoms with Gasteiger partial charge in [-0.3, -0.25) is 9.69 Å². The standard InChI is InChI=1S/C23H23F2N3O2/c24-19-9-8-17(15-20(19)25)23(29)26-16-21(22-7-4-14-30-22)28-12-10-27(11-13-28)18-5-2-1-3-6-18/h1-9,14-15,21H,10-13,16H2,(H,26,29)/t21-/m1/s1. The van der Waals surface area contributed by atoms with E-state index in [4.69, 9.17) is 4.42 Å². The average Bonchev–Trinajstić information content (AvgIpc) is 3.31. The van der Waals surface area contributed by atoms with Crippen LogP contribution in [0.3, 0.4) is 0 Å². The van der Waals surface area contributed by atoms with E-state index < -0.39 is 17.5 Å². The first-order chi connectivity index (χ1) is 14.6. The third-order valence-electron chi connectivity index (χ3n) is 5.39. The number of piperazine rings is 1. The summed E-state index contributed by atoms with van der Waals surface area (Å²) >= 11 is 0. The van der Waals surface area contributed by atoms with Crippen LogP contribution in [0, 0.1) is 11.6 Å². The number of halogens is 2. The highest BCUT2D eigenvalue weighted by Gasteiger charge is 2.27. The molecule has 2 heterocycles. The quantitative estimate of drug-likeness (QED) is 0.669. The van der Waals surface area contributed by atoms with Crippen molar-refractivity contribution in [2.75, 3.05) is 37.6 Å². The van der Waals surface area contributed by atoms with Crippen LogP contribution in [-0.2, 0) is 0 Å². The largest absolute Gasteiger partial charge is 0.468 e. The second-order valence-electron chi connectivity index (χ2n) is 7.23. The Labute approximate surface area is 173 Å². The second-order valence-corrected chi connectivity index (χ2v) is 7.23. The van der Waals surface area contributed by atoms with Gasteiger partial charge in [-0.1, -0.05) is 18.2 Å². The third-order valence-corrected chi connectivity index (χ3v) is 5.39. The molecule has 1 saturated heterocycles. The monoisotopic (exact) mass is 411 g/mol. The zero-order valence-electron chi connectivity index (χ0n) is 16.4. The van der Waals surface area contributed by atoms with Gasteiger partial charge < -0.3 is 14.6 Å². The molecule has 1 amide bonds. The molecule has 5 nitrogen and oxygen atoms in total. The van der Waals surface area contributed by atoms with Crippen molar-refractivity contribution in [2.24, 2.45) is 0 Å². The molecule has 0 saturated carbocycles. The van der Waals surface area contributed by atoms with Gasteiger partial charge in [0.05, 0.1) is 12.3 Å². The molecule has 0 aliphatic carbocycles. The maximum Gasteiger partial charge on any atom is 0.251 e. The van der Waals surface area contributed by atoms with Gasteiger partial charge in [0.25, 0.3) is 5.91 Å². The third kappa shape index (κ3) is 4.52. The van der Waals surface area contributed by atoms with E-state index in [9.17, 15) is 13.6 Å². The predicted octanol–water partition coefficient (Wildman–Crippen LogP) is 3.85. The van der Waals surface area contributed by atoms with E-state index in [2.05, 4.69) is 27.2 Å². The summed E-state index contributed by atoms with van der Waals surface area (Å²) in [4.78, 5) is 17.0. The first kappa shape index (κ1) is 20.1. The van der Waals surface area contributed by atoms with Crippen molar-refractivity contribution < 1.29 is 18.0 Å². The fourth-order valence-corrected chi connectivity index (χ4v) is 3.75. The number of carbonyl (C=O) groups is 1. The number of anilines is 1. The van der Waals surface area contributed by atoms with Gasteiger partial charge in [0.15, 0.2) is 11.6 Å². The summed E-state index contributed by atoms with van der Waals surface area (Å²) in [5.41, 5.74) is 1.28. The van der Waals surface area contributed by atoms with Gasteiger partial charge in [-0.25, -0.2) is 8.78 Å². The van der Waals surface area contributed by atoms with Gasteiger partial charge >= 0.3 is 0 Å². The summed E-state index contributed by atoms with van der Waals surface area (Å²) in [6, 6.07) is 17.0. The number of hydrogen-bond acceptors (Lipinski definition) is 4. The lowest BCUT2D eigenvalue weighted by atomic mass is 10.1. The number of nitrogens with zero attached hydrogens (tertiary/aromatic N) is 2. The van der Waals surface area contributed by atoms with E-state index >= 15 is 0 Å². The van der Waals surface area contributed by atoms with Crippen LogP contribution in [0.2, 0.25) is 0 Å². The predicted molar refractivity (Wildman–Crippen MR) is 110 cm³/mol. The Morgan fingerprint density at radius 2 is 1.73 bits per heavy atom. The number of hydrogen-bond donors (Lipinski definition) is 1. The molecular formula is C23H23F2N3O2. The van der Waals surface area contributed by atoms with Crippen molar-refractivity contribution in [1.82, 2.24) is 10.2 Å². The molecule has 2 aromatic carbocycles. The van der Waals surface area contributed by atoms with Crippen molar-refractivity contribution in [1.29, 1.82) is 0 Å². The molecule has 30 heavy (non-hydrogen) atoms. The molecule has 0 bridgehead atoms. The SMILES string of the molecule is O=C(NC[C@H](c1ccco1)N1CCN(c2ccccc2)CC1)c1ccc(F)c(F)c1. The first-order valence-electron chi connectivity index (χ1n) is 9.92. The van der Waals surface area contributed by atoms with Crippen molar-refractivity contribution in [2.45, 2.75) is 6.04 Å². The molecule has 1 fully saturated rings. The number of para-hydroxylation sites is 1. The summed E-state index contributed by atoms with van der Waals surface area (Å²) in [6.07, 6.45) is 1.61. The van der Waals surface area contributed by atoms with Crippen LogP contribution in [0.25, 0.3) is 0 Å². The van der Waals surface area contributed by atoms with Gasteiger partial charge in [0, 0.05) is 44.0 Å². The van der Waals surface area contributed by atoms with Crippen molar-refractivity contribution in [3.8, 4) is 0 Å². The number of furan rings is 1. The smallest absolute Gasteiger partial charge is 0.251 e. The van der Waals surface area contributed by atoms with Crippen LogP contribution in [-0.4, -0.2) is 43.5 Å². The summed E-state index contributed by atoms with van der Waals surface area (Å²) < 4.78 is 32.2. The Balaban J connectivity index is 1.41. The normalized spacial score (nSPS) is 15.7. The number of rotatable bonds is 6. The molecule has 4 rings (SSSR count). The van der Waals surface area contributed by atoms with E-state index in [1.807, 2.05) is 30.3 Å².